The number of ether oxygens (including phenoxy) is 1. The van der Waals surface area contributed by atoms with Gasteiger partial charge >= 0.3 is 0 Å². The van der Waals surface area contributed by atoms with E-state index in [9.17, 15) is 4.39 Å². The Labute approximate surface area is 169 Å². The van der Waals surface area contributed by atoms with E-state index >= 15 is 0 Å². The molecule has 0 unspecified atom stereocenters. The van der Waals surface area contributed by atoms with Crippen molar-refractivity contribution in [2.75, 3.05) is 62.1 Å². The Morgan fingerprint density at radius 2 is 1.86 bits per heavy atom. The van der Waals surface area contributed by atoms with Crippen LogP contribution < -0.4 is 19.9 Å². The van der Waals surface area contributed by atoms with Crippen LogP contribution in [0.3, 0.4) is 0 Å². The van der Waals surface area contributed by atoms with Gasteiger partial charge in [-0.2, -0.15) is 0 Å². The molecule has 148 valence electrons. The summed E-state index contributed by atoms with van der Waals surface area (Å²) in [5.74, 6) is 1.22. The number of thioether (sulfide) groups is 1. The molecule has 0 atom stereocenters. The Bertz CT molecular complexity index is 867. The van der Waals surface area contributed by atoms with E-state index in [1.54, 1.807) is 31.0 Å². The summed E-state index contributed by atoms with van der Waals surface area (Å²) in [4.78, 5) is 8.45. The first-order chi connectivity index (χ1) is 13.7. The molecule has 3 aliphatic heterocycles. The highest BCUT2D eigenvalue weighted by Crippen LogP contribution is 2.47. The number of hydrogen-bond donors (Lipinski definition) is 1. The van der Waals surface area contributed by atoms with Gasteiger partial charge in [0, 0.05) is 62.0 Å². The van der Waals surface area contributed by atoms with Gasteiger partial charge in [-0.3, -0.25) is 4.90 Å². The molecule has 2 aromatic carbocycles. The number of hydrogen-bond acceptors (Lipinski definition) is 6. The van der Waals surface area contributed by atoms with E-state index in [-0.39, 0.29) is 5.82 Å². The first kappa shape index (κ1) is 18.1. The summed E-state index contributed by atoms with van der Waals surface area (Å²) in [6.07, 6.45) is 0. The predicted molar refractivity (Wildman–Crippen MR) is 113 cm³/mol. The van der Waals surface area contributed by atoms with Crippen LogP contribution in [0.1, 0.15) is 0 Å². The summed E-state index contributed by atoms with van der Waals surface area (Å²) < 4.78 is 19.4. The van der Waals surface area contributed by atoms with Crippen molar-refractivity contribution in [1.82, 2.24) is 10.2 Å². The SMILES string of the molecule is COc1ccc(F)cc1N1CSc2ccc(N3CCN(C4CNC4)CC3)cc21. The number of nitrogens with one attached hydrogen (secondary N) is 1. The maximum absolute atomic E-state index is 13.9. The van der Waals surface area contributed by atoms with E-state index in [0.717, 1.165) is 62.6 Å². The minimum absolute atomic E-state index is 0.244. The predicted octanol–water partition coefficient (Wildman–Crippen LogP) is 3.13. The van der Waals surface area contributed by atoms with Gasteiger partial charge in [-0.05, 0) is 30.3 Å². The molecule has 5 rings (SSSR count). The average Bonchev–Trinajstić information content (AvgIpc) is 3.10. The number of rotatable bonds is 4. The van der Waals surface area contributed by atoms with Crippen molar-refractivity contribution < 1.29 is 9.13 Å². The van der Waals surface area contributed by atoms with Crippen molar-refractivity contribution >= 4 is 28.8 Å². The summed E-state index contributed by atoms with van der Waals surface area (Å²) >= 11 is 1.78. The molecule has 2 aromatic rings. The summed E-state index contributed by atoms with van der Waals surface area (Å²) in [6.45, 7) is 6.57. The Morgan fingerprint density at radius 3 is 2.57 bits per heavy atom. The molecular weight excluding hydrogens is 375 g/mol. The molecular formula is C21H25FN4OS. The van der Waals surface area contributed by atoms with Gasteiger partial charge in [-0.1, -0.05) is 0 Å². The molecule has 1 N–H and O–H groups in total. The van der Waals surface area contributed by atoms with Crippen molar-refractivity contribution in [3.8, 4) is 5.75 Å². The van der Waals surface area contributed by atoms with Gasteiger partial charge in [0.25, 0.3) is 0 Å². The second kappa shape index (κ2) is 7.46. The number of halogens is 1. The zero-order valence-electron chi connectivity index (χ0n) is 16.0. The lowest BCUT2D eigenvalue weighted by molar-refractivity contribution is 0.138. The molecule has 5 nitrogen and oxygen atoms in total. The standard InChI is InChI=1S/C21H25FN4OS/c1-27-20-4-2-15(22)10-18(20)26-14-28-21-5-3-16(11-19(21)26)24-6-8-25(9-7-24)17-12-23-13-17/h2-5,10-11,17,23H,6-9,12-14H2,1H3. The van der Waals surface area contributed by atoms with Crippen molar-refractivity contribution in [3.05, 3.63) is 42.2 Å². The number of anilines is 3. The molecule has 2 saturated heterocycles. The van der Waals surface area contributed by atoms with Crippen LogP contribution in [0.4, 0.5) is 21.5 Å². The molecule has 7 heteroatoms. The van der Waals surface area contributed by atoms with Gasteiger partial charge in [-0.25, -0.2) is 4.39 Å². The van der Waals surface area contributed by atoms with Crippen LogP contribution >= 0.6 is 11.8 Å². The van der Waals surface area contributed by atoms with Gasteiger partial charge in [0.15, 0.2) is 0 Å². The number of fused-ring (bicyclic) bond motifs is 1. The number of benzene rings is 2. The van der Waals surface area contributed by atoms with E-state index in [2.05, 4.69) is 38.2 Å². The fraction of sp³-hybridized carbons (Fsp3) is 0.429. The summed E-state index contributed by atoms with van der Waals surface area (Å²) in [5, 5.41) is 3.36. The highest BCUT2D eigenvalue weighted by Gasteiger charge is 2.29. The molecule has 0 radical (unpaired) electrons. The van der Waals surface area contributed by atoms with Crippen LogP contribution in [0.5, 0.6) is 5.75 Å². The van der Waals surface area contributed by atoms with E-state index in [4.69, 9.17) is 4.74 Å². The van der Waals surface area contributed by atoms with E-state index in [1.807, 2.05) is 0 Å². The monoisotopic (exact) mass is 400 g/mol. The Balaban J connectivity index is 1.38. The molecule has 0 amide bonds. The lowest BCUT2D eigenvalue weighted by Gasteiger charge is -2.44. The number of nitrogens with zero attached hydrogens (tertiary/aromatic N) is 3. The second-order valence-electron chi connectivity index (χ2n) is 7.50. The fourth-order valence-electron chi connectivity index (χ4n) is 4.19. The molecule has 0 spiro atoms. The normalized spacial score (nSPS) is 20.2. The zero-order valence-corrected chi connectivity index (χ0v) is 16.8. The smallest absolute Gasteiger partial charge is 0.142 e. The van der Waals surface area contributed by atoms with Gasteiger partial charge < -0.3 is 19.9 Å². The minimum atomic E-state index is -0.244. The van der Waals surface area contributed by atoms with Gasteiger partial charge in [0.05, 0.1) is 24.4 Å². The first-order valence-electron chi connectivity index (χ1n) is 9.80. The maximum Gasteiger partial charge on any atom is 0.142 e. The van der Waals surface area contributed by atoms with Crippen LogP contribution in [-0.2, 0) is 0 Å². The molecule has 3 aliphatic rings. The maximum atomic E-state index is 13.9. The van der Waals surface area contributed by atoms with Gasteiger partial charge in [0.1, 0.15) is 11.6 Å². The Hall–Kier alpha value is -1.96. The average molecular weight is 401 g/mol. The quantitative estimate of drug-likeness (QED) is 0.849. The third-order valence-corrected chi connectivity index (χ3v) is 7.01. The van der Waals surface area contributed by atoms with Crippen LogP contribution in [-0.4, -0.2) is 63.2 Å². The van der Waals surface area contributed by atoms with Crippen LogP contribution in [0.25, 0.3) is 0 Å². The lowest BCUT2D eigenvalue weighted by Crippen LogP contribution is -2.61. The topological polar surface area (TPSA) is 31.0 Å². The summed E-state index contributed by atoms with van der Waals surface area (Å²) in [7, 11) is 1.63. The van der Waals surface area contributed by atoms with E-state index < -0.39 is 0 Å². The molecule has 0 aromatic heterocycles. The Morgan fingerprint density at radius 1 is 1.04 bits per heavy atom. The van der Waals surface area contributed by atoms with Crippen LogP contribution in [0, 0.1) is 5.82 Å². The second-order valence-corrected chi connectivity index (χ2v) is 8.49. The number of piperazine rings is 1. The zero-order chi connectivity index (χ0) is 19.1. The van der Waals surface area contributed by atoms with Crippen LogP contribution in [0.2, 0.25) is 0 Å². The van der Waals surface area contributed by atoms with Crippen molar-refractivity contribution in [3.63, 3.8) is 0 Å². The van der Waals surface area contributed by atoms with Gasteiger partial charge in [-0.15, -0.1) is 11.8 Å². The highest BCUT2D eigenvalue weighted by atomic mass is 32.2. The first-order valence-corrected chi connectivity index (χ1v) is 10.8. The fourth-order valence-corrected chi connectivity index (χ4v) is 5.22. The molecule has 2 fully saturated rings. The largest absolute Gasteiger partial charge is 0.495 e. The third-order valence-electron chi connectivity index (χ3n) is 5.97. The summed E-state index contributed by atoms with van der Waals surface area (Å²) in [5.41, 5.74) is 3.17. The Kier molecular flexibility index (Phi) is 4.82. The number of methoxy groups -OCH3 is 1. The summed E-state index contributed by atoms with van der Waals surface area (Å²) in [6, 6.07) is 12.1. The van der Waals surface area contributed by atoms with E-state index in [1.165, 1.54) is 16.6 Å². The van der Waals surface area contributed by atoms with Crippen molar-refractivity contribution in [2.24, 2.45) is 0 Å². The highest BCUT2D eigenvalue weighted by molar-refractivity contribution is 7.99. The van der Waals surface area contributed by atoms with Gasteiger partial charge in [0.2, 0.25) is 0 Å². The lowest BCUT2D eigenvalue weighted by atomic mass is 10.1. The molecule has 0 saturated carbocycles. The minimum Gasteiger partial charge on any atom is -0.495 e. The van der Waals surface area contributed by atoms with E-state index in [0.29, 0.717) is 5.75 Å². The molecule has 28 heavy (non-hydrogen) atoms. The molecule has 0 bridgehead atoms. The van der Waals surface area contributed by atoms with Crippen LogP contribution in [0.15, 0.2) is 41.3 Å². The van der Waals surface area contributed by atoms with Crippen molar-refractivity contribution in [2.45, 2.75) is 10.9 Å². The molecule has 3 heterocycles. The third kappa shape index (κ3) is 3.21. The molecule has 0 aliphatic carbocycles. The van der Waals surface area contributed by atoms with Crippen molar-refractivity contribution in [1.29, 1.82) is 0 Å².